The second kappa shape index (κ2) is 6.52. The van der Waals surface area contributed by atoms with E-state index in [1.807, 2.05) is 6.07 Å². The molecule has 1 atom stereocenters. The molecule has 0 radical (unpaired) electrons. The van der Waals surface area contributed by atoms with Gasteiger partial charge in [0.1, 0.15) is 6.07 Å². The van der Waals surface area contributed by atoms with Crippen molar-refractivity contribution >= 4 is 15.7 Å². The van der Waals surface area contributed by atoms with Crippen molar-refractivity contribution in [1.82, 2.24) is 4.72 Å². The Morgan fingerprint density at radius 2 is 2.21 bits per heavy atom. The first-order valence-corrected chi connectivity index (χ1v) is 7.32. The zero-order valence-corrected chi connectivity index (χ0v) is 11.4. The molecule has 0 aromatic heterocycles. The minimum atomic E-state index is -3.76. The molecule has 1 rings (SSSR count). The van der Waals surface area contributed by atoms with Crippen molar-refractivity contribution in [3.63, 3.8) is 0 Å². The van der Waals surface area contributed by atoms with E-state index in [1.54, 1.807) is 6.92 Å². The number of nitrogens with two attached hydrogens (primary N) is 1. The Morgan fingerprint density at radius 3 is 2.79 bits per heavy atom. The molecule has 0 aliphatic carbocycles. The lowest BCUT2D eigenvalue weighted by Crippen LogP contribution is -2.33. The molecule has 0 heterocycles. The van der Waals surface area contributed by atoms with E-state index >= 15 is 0 Å². The molecule has 0 fully saturated rings. The lowest BCUT2D eigenvalue weighted by atomic mass is 10.2. The van der Waals surface area contributed by atoms with Crippen LogP contribution in [0.3, 0.4) is 0 Å². The number of aliphatic hydroxyl groups is 1. The van der Waals surface area contributed by atoms with Crippen LogP contribution in [0.25, 0.3) is 0 Å². The van der Waals surface area contributed by atoms with Gasteiger partial charge in [-0.25, -0.2) is 13.1 Å². The molecule has 1 aromatic rings. The Labute approximate surface area is 112 Å². The average molecular weight is 283 g/mol. The minimum absolute atomic E-state index is 0.0113. The van der Waals surface area contributed by atoms with E-state index in [9.17, 15) is 8.42 Å². The fourth-order valence-electron chi connectivity index (χ4n) is 1.65. The smallest absolute Gasteiger partial charge is 0.242 e. The van der Waals surface area contributed by atoms with Crippen LogP contribution in [0.15, 0.2) is 23.1 Å². The monoisotopic (exact) mass is 283 g/mol. The molecule has 4 N–H and O–H groups in total. The van der Waals surface area contributed by atoms with E-state index in [2.05, 4.69) is 4.72 Å². The number of aliphatic hydroxyl groups excluding tert-OH is 1. The van der Waals surface area contributed by atoms with E-state index in [-0.39, 0.29) is 23.1 Å². The zero-order chi connectivity index (χ0) is 14.5. The van der Waals surface area contributed by atoms with Gasteiger partial charge in [0.15, 0.2) is 0 Å². The average Bonchev–Trinajstić information content (AvgIpc) is 2.35. The highest BCUT2D eigenvalue weighted by Gasteiger charge is 2.20. The molecule has 1 unspecified atom stereocenters. The van der Waals surface area contributed by atoms with Crippen molar-refractivity contribution in [3.05, 3.63) is 23.8 Å². The highest BCUT2D eigenvalue weighted by atomic mass is 32.2. The Bertz CT molecular complexity index is 578. The van der Waals surface area contributed by atoms with Crippen LogP contribution in [0.4, 0.5) is 5.69 Å². The Hall–Kier alpha value is -1.62. The summed E-state index contributed by atoms with van der Waals surface area (Å²) in [6.45, 7) is 1.72. The van der Waals surface area contributed by atoms with Gasteiger partial charge in [0.25, 0.3) is 0 Å². The highest BCUT2D eigenvalue weighted by Crippen LogP contribution is 2.18. The van der Waals surface area contributed by atoms with Gasteiger partial charge < -0.3 is 10.8 Å². The van der Waals surface area contributed by atoms with Crippen LogP contribution in [0.2, 0.25) is 0 Å². The molecule has 1 aromatic carbocycles. The van der Waals surface area contributed by atoms with Crippen molar-refractivity contribution in [3.8, 4) is 6.07 Å². The summed E-state index contributed by atoms with van der Waals surface area (Å²) in [4.78, 5) is -0.0833. The van der Waals surface area contributed by atoms with E-state index in [0.717, 1.165) is 0 Å². The van der Waals surface area contributed by atoms with Gasteiger partial charge >= 0.3 is 0 Å². The van der Waals surface area contributed by atoms with Crippen LogP contribution >= 0.6 is 0 Å². The van der Waals surface area contributed by atoms with Gasteiger partial charge in [-0.1, -0.05) is 0 Å². The van der Waals surface area contributed by atoms with E-state index in [4.69, 9.17) is 16.1 Å². The van der Waals surface area contributed by atoms with Crippen molar-refractivity contribution in [2.24, 2.45) is 0 Å². The quantitative estimate of drug-likeness (QED) is 0.660. The van der Waals surface area contributed by atoms with Gasteiger partial charge in [-0.15, -0.1) is 0 Å². The third kappa shape index (κ3) is 4.21. The maximum absolute atomic E-state index is 12.1. The number of sulfonamides is 1. The van der Waals surface area contributed by atoms with Crippen LogP contribution in [0.5, 0.6) is 0 Å². The summed E-state index contributed by atoms with van der Waals surface area (Å²) in [6.07, 6.45) is 1.03. The van der Waals surface area contributed by atoms with Crippen molar-refractivity contribution in [2.45, 2.75) is 30.7 Å². The summed E-state index contributed by atoms with van der Waals surface area (Å²) in [5, 5.41) is 17.7. The van der Waals surface area contributed by atoms with Gasteiger partial charge in [0.05, 0.1) is 10.5 Å². The maximum atomic E-state index is 12.1. The van der Waals surface area contributed by atoms with Gasteiger partial charge in [0, 0.05) is 18.3 Å². The fraction of sp³-hybridized carbons (Fsp3) is 0.417. The molecule has 0 aliphatic rings. The molecule has 0 saturated heterocycles. The first kappa shape index (κ1) is 15.4. The summed E-state index contributed by atoms with van der Waals surface area (Å²) >= 11 is 0. The topological polar surface area (TPSA) is 116 Å². The first-order valence-electron chi connectivity index (χ1n) is 5.83. The second-order valence-corrected chi connectivity index (χ2v) is 5.94. The molecule has 0 aliphatic heterocycles. The molecule has 0 bridgehead atoms. The molecule has 0 saturated carbocycles. The Balaban J connectivity index is 2.98. The van der Waals surface area contributed by atoms with Crippen molar-refractivity contribution in [1.29, 1.82) is 5.26 Å². The summed E-state index contributed by atoms with van der Waals surface area (Å²) in [7, 11) is -3.76. The van der Waals surface area contributed by atoms with E-state index < -0.39 is 10.0 Å². The predicted octanol–water partition coefficient (Wildman–Crippen LogP) is 0.580. The van der Waals surface area contributed by atoms with Crippen molar-refractivity contribution < 1.29 is 13.5 Å². The number of hydrogen-bond donors (Lipinski definition) is 3. The number of nitrogen functional groups attached to an aromatic ring is 1. The standard InChI is InChI=1S/C12H17N3O3S/c1-9(3-2-6-16)15-19(17,18)12-5-4-11(14)7-10(12)8-13/h4-5,7,9,15-16H,2-3,6,14H2,1H3. The number of anilines is 1. The SMILES string of the molecule is CC(CCCO)NS(=O)(=O)c1ccc(N)cc1C#N. The van der Waals surface area contributed by atoms with Gasteiger partial charge in [-0.3, -0.25) is 0 Å². The molecule has 0 spiro atoms. The second-order valence-electron chi connectivity index (χ2n) is 4.26. The van der Waals surface area contributed by atoms with Crippen molar-refractivity contribution in [2.75, 3.05) is 12.3 Å². The fourth-order valence-corrected chi connectivity index (χ4v) is 3.07. The van der Waals surface area contributed by atoms with Crippen LogP contribution in [0.1, 0.15) is 25.3 Å². The number of rotatable bonds is 6. The zero-order valence-electron chi connectivity index (χ0n) is 10.6. The third-order valence-electron chi connectivity index (χ3n) is 2.57. The van der Waals surface area contributed by atoms with Crippen LogP contribution in [-0.2, 0) is 10.0 Å². The molecule has 0 amide bonds. The maximum Gasteiger partial charge on any atom is 0.242 e. The van der Waals surface area contributed by atoms with Crippen LogP contribution < -0.4 is 10.5 Å². The molecule has 7 heteroatoms. The molecule has 19 heavy (non-hydrogen) atoms. The Kier molecular flexibility index (Phi) is 5.30. The summed E-state index contributed by atoms with van der Waals surface area (Å²) in [5.41, 5.74) is 5.87. The predicted molar refractivity (Wildman–Crippen MR) is 71.7 cm³/mol. The number of benzene rings is 1. The van der Waals surface area contributed by atoms with E-state index in [0.29, 0.717) is 18.5 Å². The van der Waals surface area contributed by atoms with Gasteiger partial charge in [-0.2, -0.15) is 5.26 Å². The summed E-state index contributed by atoms with van der Waals surface area (Å²) in [5.74, 6) is 0. The number of nitrogens with zero attached hydrogens (tertiary/aromatic N) is 1. The van der Waals surface area contributed by atoms with Crippen LogP contribution in [0, 0.1) is 11.3 Å². The molecular formula is C12H17N3O3S. The van der Waals surface area contributed by atoms with Gasteiger partial charge in [0.2, 0.25) is 10.0 Å². The normalized spacial score (nSPS) is 12.9. The first-order chi connectivity index (χ1) is 8.90. The lowest BCUT2D eigenvalue weighted by molar-refractivity contribution is 0.279. The van der Waals surface area contributed by atoms with E-state index in [1.165, 1.54) is 18.2 Å². The molecular weight excluding hydrogens is 266 g/mol. The third-order valence-corrected chi connectivity index (χ3v) is 4.21. The number of hydrogen-bond acceptors (Lipinski definition) is 5. The number of nitriles is 1. The minimum Gasteiger partial charge on any atom is -0.399 e. The molecule has 104 valence electrons. The molecule has 6 nitrogen and oxygen atoms in total. The van der Waals surface area contributed by atoms with Crippen LogP contribution in [-0.4, -0.2) is 26.2 Å². The number of nitrogens with one attached hydrogen (secondary N) is 1. The largest absolute Gasteiger partial charge is 0.399 e. The highest BCUT2D eigenvalue weighted by molar-refractivity contribution is 7.89. The Morgan fingerprint density at radius 1 is 1.53 bits per heavy atom. The summed E-state index contributed by atoms with van der Waals surface area (Å²) in [6, 6.07) is 5.58. The lowest BCUT2D eigenvalue weighted by Gasteiger charge is -2.14. The summed E-state index contributed by atoms with van der Waals surface area (Å²) < 4.78 is 26.7. The van der Waals surface area contributed by atoms with Gasteiger partial charge in [-0.05, 0) is 38.0 Å².